The Kier molecular flexibility index (Phi) is 6.38. The molecule has 97 valence electrons. The zero-order valence-corrected chi connectivity index (χ0v) is 13.2. The Balaban J connectivity index is 0.00000289. The minimum absolute atomic E-state index is 0. The number of aliphatic hydroxyl groups is 1. The van der Waals surface area contributed by atoms with E-state index in [1.807, 2.05) is 0 Å². The van der Waals surface area contributed by atoms with Crippen LogP contribution in [0.2, 0.25) is 0 Å². The molecule has 18 heavy (non-hydrogen) atoms. The molecule has 0 spiro atoms. The molecule has 1 radical (unpaired) electrons. The van der Waals surface area contributed by atoms with Crippen LogP contribution in [0, 0.1) is 0 Å². The van der Waals surface area contributed by atoms with Gasteiger partial charge in [-0.1, -0.05) is 6.07 Å². The van der Waals surface area contributed by atoms with Crippen LogP contribution in [0.5, 0.6) is 0 Å². The van der Waals surface area contributed by atoms with Crippen molar-refractivity contribution in [3.05, 3.63) is 30.1 Å². The third kappa shape index (κ3) is 3.95. The zero-order chi connectivity index (χ0) is 13.3. The first-order chi connectivity index (χ1) is 7.58. The number of nitrogens with zero attached hydrogens (tertiary/aromatic N) is 1. The Bertz CT molecular complexity index is 462. The number of pyridine rings is 1. The summed E-state index contributed by atoms with van der Waals surface area (Å²) >= 11 is 0. The van der Waals surface area contributed by atoms with Gasteiger partial charge in [0.05, 0.1) is 0 Å². The molecule has 0 aromatic carbocycles. The fraction of sp³-hybridized carbons (Fsp3) is 0.286. The molecular formula is C7H11NNaO7P2. The topological polar surface area (TPSA) is 148 Å². The number of hydrogen-bond donors (Lipinski definition) is 5. The van der Waals surface area contributed by atoms with Gasteiger partial charge in [0, 0.05) is 48.4 Å². The maximum atomic E-state index is 11.0. The Morgan fingerprint density at radius 3 is 2.00 bits per heavy atom. The first-order valence-electron chi connectivity index (χ1n) is 4.30. The second kappa shape index (κ2) is 6.24. The van der Waals surface area contributed by atoms with E-state index in [0.717, 1.165) is 6.20 Å². The number of aromatic nitrogens is 1. The standard InChI is InChI=1S/C7H11NO7P2.Na/c9-7(16(10,11)12,17(13,14)15)4-6-2-1-3-8-5-6;/h1-3,5,9H,4H2,(H2,10,11,12)(H2,13,14,15);. The monoisotopic (exact) mass is 306 g/mol. The quantitative estimate of drug-likeness (QED) is 0.360. The molecule has 0 unspecified atom stereocenters. The van der Waals surface area contributed by atoms with Crippen LogP contribution in [-0.4, -0.2) is 64.3 Å². The van der Waals surface area contributed by atoms with Gasteiger partial charge in [0.1, 0.15) is 0 Å². The third-order valence-corrected chi connectivity index (χ3v) is 5.84. The van der Waals surface area contributed by atoms with Crippen LogP contribution in [0.25, 0.3) is 0 Å². The molecule has 8 nitrogen and oxygen atoms in total. The number of hydrogen-bond acceptors (Lipinski definition) is 4. The van der Waals surface area contributed by atoms with Gasteiger partial charge in [-0.05, 0) is 11.6 Å². The van der Waals surface area contributed by atoms with Gasteiger partial charge in [0.25, 0.3) is 5.08 Å². The molecule has 1 aromatic heterocycles. The summed E-state index contributed by atoms with van der Waals surface area (Å²) in [4.78, 5) is 39.1. The normalized spacial score (nSPS) is 12.9. The van der Waals surface area contributed by atoms with Crippen molar-refractivity contribution in [3.8, 4) is 0 Å². The van der Waals surface area contributed by atoms with Gasteiger partial charge in [0.15, 0.2) is 0 Å². The molecule has 0 saturated heterocycles. The average molecular weight is 306 g/mol. The van der Waals surface area contributed by atoms with Gasteiger partial charge in [0.2, 0.25) is 0 Å². The van der Waals surface area contributed by atoms with Crippen molar-refractivity contribution < 1.29 is 33.8 Å². The molecular weight excluding hydrogens is 295 g/mol. The second-order valence-corrected chi connectivity index (χ2v) is 7.41. The fourth-order valence-corrected chi connectivity index (χ4v) is 3.29. The predicted molar refractivity (Wildman–Crippen MR) is 62.7 cm³/mol. The van der Waals surface area contributed by atoms with Crippen molar-refractivity contribution >= 4 is 44.7 Å². The van der Waals surface area contributed by atoms with Crippen molar-refractivity contribution in [1.82, 2.24) is 4.98 Å². The van der Waals surface area contributed by atoms with Crippen molar-refractivity contribution in [2.24, 2.45) is 0 Å². The van der Waals surface area contributed by atoms with Crippen LogP contribution in [0.3, 0.4) is 0 Å². The molecule has 0 aliphatic heterocycles. The van der Waals surface area contributed by atoms with E-state index < -0.39 is 26.7 Å². The molecule has 0 fully saturated rings. The van der Waals surface area contributed by atoms with E-state index in [-0.39, 0.29) is 35.1 Å². The summed E-state index contributed by atoms with van der Waals surface area (Å²) < 4.78 is 22.1. The van der Waals surface area contributed by atoms with E-state index in [0.29, 0.717) is 0 Å². The van der Waals surface area contributed by atoms with Gasteiger partial charge >= 0.3 is 15.2 Å². The van der Waals surface area contributed by atoms with Gasteiger partial charge in [-0.15, -0.1) is 0 Å². The van der Waals surface area contributed by atoms with Crippen molar-refractivity contribution in [1.29, 1.82) is 0 Å². The number of rotatable bonds is 4. The molecule has 0 bridgehead atoms. The Morgan fingerprint density at radius 2 is 1.67 bits per heavy atom. The Morgan fingerprint density at radius 1 is 1.17 bits per heavy atom. The van der Waals surface area contributed by atoms with Crippen molar-refractivity contribution in [2.45, 2.75) is 11.5 Å². The summed E-state index contributed by atoms with van der Waals surface area (Å²) in [6.07, 6.45) is 1.63. The van der Waals surface area contributed by atoms with E-state index in [9.17, 15) is 14.2 Å². The molecule has 0 atom stereocenters. The smallest absolute Gasteiger partial charge is 0.367 e. The van der Waals surface area contributed by atoms with Gasteiger partial charge in [-0.2, -0.15) is 0 Å². The first kappa shape index (κ1) is 18.4. The summed E-state index contributed by atoms with van der Waals surface area (Å²) in [6, 6.07) is 2.75. The molecule has 0 aliphatic rings. The summed E-state index contributed by atoms with van der Waals surface area (Å²) in [6.45, 7) is 0. The minimum Gasteiger partial charge on any atom is -0.367 e. The van der Waals surface area contributed by atoms with E-state index in [2.05, 4.69) is 4.98 Å². The van der Waals surface area contributed by atoms with Crippen LogP contribution in [-0.2, 0) is 15.6 Å². The van der Waals surface area contributed by atoms with Gasteiger partial charge in [-0.25, -0.2) is 0 Å². The summed E-state index contributed by atoms with van der Waals surface area (Å²) in [5.74, 6) is 0. The Labute approximate surface area is 125 Å². The molecule has 0 saturated carbocycles. The van der Waals surface area contributed by atoms with Crippen molar-refractivity contribution in [3.63, 3.8) is 0 Å². The maximum Gasteiger partial charge on any atom is 0.369 e. The van der Waals surface area contributed by atoms with E-state index in [1.54, 1.807) is 0 Å². The molecule has 5 N–H and O–H groups in total. The third-order valence-electron chi connectivity index (χ3n) is 2.10. The van der Waals surface area contributed by atoms with Crippen LogP contribution in [0.4, 0.5) is 0 Å². The van der Waals surface area contributed by atoms with Gasteiger partial charge in [-0.3, -0.25) is 14.1 Å². The fourth-order valence-electron chi connectivity index (χ4n) is 1.15. The molecule has 0 amide bonds. The molecule has 1 aromatic rings. The molecule has 11 heteroatoms. The Hall–Kier alpha value is 0.410. The van der Waals surface area contributed by atoms with E-state index in [4.69, 9.17) is 19.6 Å². The van der Waals surface area contributed by atoms with Gasteiger partial charge < -0.3 is 24.7 Å². The van der Waals surface area contributed by atoms with Crippen LogP contribution >= 0.6 is 15.2 Å². The predicted octanol–water partition coefficient (Wildman–Crippen LogP) is -0.755. The maximum absolute atomic E-state index is 11.0. The largest absolute Gasteiger partial charge is 0.369 e. The first-order valence-corrected chi connectivity index (χ1v) is 7.53. The summed E-state index contributed by atoms with van der Waals surface area (Å²) in [5, 5.41) is 6.16. The molecule has 1 rings (SSSR count). The molecule has 1 heterocycles. The van der Waals surface area contributed by atoms with Crippen LogP contribution < -0.4 is 0 Å². The van der Waals surface area contributed by atoms with Crippen LogP contribution in [0.1, 0.15) is 5.56 Å². The van der Waals surface area contributed by atoms with E-state index in [1.165, 1.54) is 18.3 Å². The average Bonchev–Trinajstić information content (AvgIpc) is 2.15. The van der Waals surface area contributed by atoms with Crippen molar-refractivity contribution in [2.75, 3.05) is 0 Å². The summed E-state index contributed by atoms with van der Waals surface area (Å²) in [7, 11) is -10.8. The molecule has 0 aliphatic carbocycles. The zero-order valence-electron chi connectivity index (χ0n) is 9.41. The SMILES string of the molecule is O=P(O)(O)C(O)(Cc1cccnc1)P(=O)(O)O.[Na]. The minimum atomic E-state index is -5.41. The second-order valence-electron chi connectivity index (χ2n) is 3.40. The van der Waals surface area contributed by atoms with E-state index >= 15 is 0 Å². The van der Waals surface area contributed by atoms with Crippen LogP contribution in [0.15, 0.2) is 24.5 Å². The summed E-state index contributed by atoms with van der Waals surface area (Å²) in [5.41, 5.74) is 0.0988.